The summed E-state index contributed by atoms with van der Waals surface area (Å²) >= 11 is 3.39. The molecule has 4 N–H and O–H groups in total. The Hall–Kier alpha value is -1.80. The number of urea groups is 1. The van der Waals surface area contributed by atoms with E-state index in [4.69, 9.17) is 9.84 Å². The zero-order chi connectivity index (χ0) is 17.2. The maximum atomic E-state index is 11.5. The van der Waals surface area contributed by atoms with Gasteiger partial charge in [-0.3, -0.25) is 4.79 Å². The first-order valence-corrected chi connectivity index (χ1v) is 7.92. The number of ether oxygens (including phenoxy) is 1. The van der Waals surface area contributed by atoms with Crippen molar-refractivity contribution < 1.29 is 24.5 Å². The number of carboxylic acids is 1. The number of methoxy groups -OCH3 is 1. The summed E-state index contributed by atoms with van der Waals surface area (Å²) in [5, 5.41) is 23.0. The summed E-state index contributed by atoms with van der Waals surface area (Å²) in [6.45, 7) is 0.237. The summed E-state index contributed by atoms with van der Waals surface area (Å²) in [5.74, 6) is -0.429. The molecule has 0 heterocycles. The molecule has 0 aliphatic heterocycles. The molecule has 0 spiro atoms. The predicted molar refractivity (Wildman–Crippen MR) is 88.6 cm³/mol. The van der Waals surface area contributed by atoms with E-state index < -0.39 is 12.0 Å². The van der Waals surface area contributed by atoms with Crippen LogP contribution in [0.2, 0.25) is 0 Å². The van der Waals surface area contributed by atoms with Gasteiger partial charge in [-0.15, -0.1) is 0 Å². The van der Waals surface area contributed by atoms with Gasteiger partial charge >= 0.3 is 12.0 Å². The molecule has 128 valence electrons. The number of carboxylic acid groups (broad SMARTS) is 1. The molecule has 1 unspecified atom stereocenters. The summed E-state index contributed by atoms with van der Waals surface area (Å²) in [5.41, 5.74) is 0.925. The Bertz CT molecular complexity index is 539. The van der Waals surface area contributed by atoms with Gasteiger partial charge in [0.15, 0.2) is 0 Å². The lowest BCUT2D eigenvalue weighted by atomic mass is 9.99. The molecular formula is C15H21BrN2O5. The van der Waals surface area contributed by atoms with Crippen LogP contribution in [0.4, 0.5) is 4.79 Å². The number of halogens is 1. The highest BCUT2D eigenvalue weighted by atomic mass is 79.9. The molecule has 0 fully saturated rings. The minimum absolute atomic E-state index is 0.0599. The highest BCUT2D eigenvalue weighted by Crippen LogP contribution is 2.25. The summed E-state index contributed by atoms with van der Waals surface area (Å²) < 4.78 is 6.20. The molecule has 2 amide bonds. The van der Waals surface area contributed by atoms with Crippen LogP contribution in [-0.4, -0.2) is 49.0 Å². The summed E-state index contributed by atoms with van der Waals surface area (Å²) in [6.07, 6.45) is 0.403. The van der Waals surface area contributed by atoms with Crippen LogP contribution in [0.25, 0.3) is 0 Å². The third kappa shape index (κ3) is 7.34. The van der Waals surface area contributed by atoms with E-state index in [1.807, 2.05) is 18.2 Å². The van der Waals surface area contributed by atoms with Crippen LogP contribution in [0, 0.1) is 5.92 Å². The van der Waals surface area contributed by atoms with E-state index in [1.54, 1.807) is 7.11 Å². The Morgan fingerprint density at radius 3 is 2.70 bits per heavy atom. The molecule has 0 saturated heterocycles. The lowest BCUT2D eigenvalue weighted by Gasteiger charge is -2.17. The number of rotatable bonds is 9. The van der Waals surface area contributed by atoms with Crippen LogP contribution >= 0.6 is 15.9 Å². The molecule has 0 saturated carbocycles. The number of aliphatic hydroxyl groups is 1. The number of aliphatic hydroxyl groups excluding tert-OH is 1. The van der Waals surface area contributed by atoms with E-state index >= 15 is 0 Å². The Balaban J connectivity index is 2.50. The molecule has 7 nitrogen and oxygen atoms in total. The van der Waals surface area contributed by atoms with Gasteiger partial charge in [0, 0.05) is 30.1 Å². The molecule has 0 bridgehead atoms. The highest BCUT2D eigenvalue weighted by Gasteiger charge is 2.14. The molecule has 1 atom stereocenters. The van der Waals surface area contributed by atoms with Gasteiger partial charge in [0.05, 0.1) is 13.5 Å². The zero-order valence-electron chi connectivity index (χ0n) is 12.8. The van der Waals surface area contributed by atoms with Crippen molar-refractivity contribution in [2.75, 3.05) is 26.8 Å². The number of nitrogens with one attached hydrogen (secondary N) is 2. The van der Waals surface area contributed by atoms with E-state index in [9.17, 15) is 14.7 Å². The molecule has 1 rings (SSSR count). The average molecular weight is 389 g/mol. The minimum atomic E-state index is -0.972. The van der Waals surface area contributed by atoms with Gasteiger partial charge < -0.3 is 25.6 Å². The number of amides is 2. The maximum absolute atomic E-state index is 11.5. The lowest BCUT2D eigenvalue weighted by Crippen LogP contribution is -2.40. The quantitative estimate of drug-likeness (QED) is 0.511. The first-order valence-electron chi connectivity index (χ1n) is 7.13. The van der Waals surface area contributed by atoms with Crippen molar-refractivity contribution in [1.29, 1.82) is 0 Å². The van der Waals surface area contributed by atoms with Gasteiger partial charge in [-0.05, 0) is 30.2 Å². The van der Waals surface area contributed by atoms with Crippen molar-refractivity contribution >= 4 is 27.9 Å². The fraction of sp³-hybridized carbons (Fsp3) is 0.467. The molecule has 1 aromatic carbocycles. The van der Waals surface area contributed by atoms with Gasteiger partial charge in [-0.2, -0.15) is 0 Å². The second-order valence-electron chi connectivity index (χ2n) is 4.99. The normalized spacial score (nSPS) is 11.6. The molecule has 0 radical (unpaired) electrons. The number of benzene rings is 1. The Morgan fingerprint density at radius 1 is 1.35 bits per heavy atom. The summed E-state index contributed by atoms with van der Waals surface area (Å²) in [4.78, 5) is 21.9. The van der Waals surface area contributed by atoms with Crippen LogP contribution in [0.15, 0.2) is 22.7 Å². The SMILES string of the molecule is COc1ccc(Br)cc1CC(CO)CNC(=O)NCCC(=O)O. The molecule has 8 heteroatoms. The maximum Gasteiger partial charge on any atom is 0.314 e. The standard InChI is InChI=1S/C15H21BrN2O5/c1-23-13-3-2-12(16)7-11(13)6-10(9-19)8-18-15(22)17-5-4-14(20)21/h2-3,7,10,19H,4-6,8-9H2,1H3,(H,20,21)(H2,17,18,22). The average Bonchev–Trinajstić information content (AvgIpc) is 2.51. The molecule has 0 aliphatic rings. The van der Waals surface area contributed by atoms with Crippen LogP contribution in [0.5, 0.6) is 5.75 Å². The van der Waals surface area contributed by atoms with Gasteiger partial charge in [-0.25, -0.2) is 4.79 Å². The van der Waals surface area contributed by atoms with Crippen molar-refractivity contribution in [3.8, 4) is 5.75 Å². The van der Waals surface area contributed by atoms with Crippen LogP contribution in [0.3, 0.4) is 0 Å². The fourth-order valence-electron chi connectivity index (χ4n) is 2.00. The minimum Gasteiger partial charge on any atom is -0.496 e. The Morgan fingerprint density at radius 2 is 2.09 bits per heavy atom. The zero-order valence-corrected chi connectivity index (χ0v) is 14.4. The largest absolute Gasteiger partial charge is 0.496 e. The Kier molecular flexibility index (Phi) is 8.42. The molecular weight excluding hydrogens is 368 g/mol. The molecule has 1 aromatic rings. The Labute approximate surface area is 143 Å². The third-order valence-corrected chi connectivity index (χ3v) is 3.68. The number of aliphatic carboxylic acids is 1. The van der Waals surface area contributed by atoms with Crippen molar-refractivity contribution in [2.24, 2.45) is 5.92 Å². The molecule has 23 heavy (non-hydrogen) atoms. The van der Waals surface area contributed by atoms with Crippen LogP contribution in [-0.2, 0) is 11.2 Å². The first-order chi connectivity index (χ1) is 11.0. The predicted octanol–water partition coefficient (Wildman–Crippen LogP) is 1.38. The highest BCUT2D eigenvalue weighted by molar-refractivity contribution is 9.10. The van der Waals surface area contributed by atoms with E-state index in [1.165, 1.54) is 0 Å². The molecule has 0 aliphatic carbocycles. The van der Waals surface area contributed by atoms with Crippen molar-refractivity contribution in [1.82, 2.24) is 10.6 Å². The van der Waals surface area contributed by atoms with Crippen LogP contribution in [0.1, 0.15) is 12.0 Å². The van der Waals surface area contributed by atoms with Gasteiger partial charge in [-0.1, -0.05) is 15.9 Å². The van der Waals surface area contributed by atoms with E-state index in [-0.39, 0.29) is 32.0 Å². The summed E-state index contributed by atoms with van der Waals surface area (Å²) in [6, 6.07) is 5.16. The number of carbonyl (C=O) groups excluding carboxylic acids is 1. The number of hydrogen-bond acceptors (Lipinski definition) is 4. The van der Waals surface area contributed by atoms with E-state index in [2.05, 4.69) is 26.6 Å². The van der Waals surface area contributed by atoms with Gasteiger partial charge in [0.1, 0.15) is 5.75 Å². The fourth-order valence-corrected chi connectivity index (χ4v) is 2.41. The van der Waals surface area contributed by atoms with Crippen LogP contribution < -0.4 is 15.4 Å². The van der Waals surface area contributed by atoms with Crippen molar-refractivity contribution in [3.05, 3.63) is 28.2 Å². The topological polar surface area (TPSA) is 108 Å². The van der Waals surface area contributed by atoms with Crippen molar-refractivity contribution in [2.45, 2.75) is 12.8 Å². The first kappa shape index (κ1) is 19.2. The van der Waals surface area contributed by atoms with E-state index in [0.717, 1.165) is 15.8 Å². The number of hydrogen-bond donors (Lipinski definition) is 4. The van der Waals surface area contributed by atoms with Gasteiger partial charge in [0.2, 0.25) is 0 Å². The third-order valence-electron chi connectivity index (χ3n) is 3.18. The summed E-state index contributed by atoms with van der Waals surface area (Å²) in [7, 11) is 1.58. The van der Waals surface area contributed by atoms with Gasteiger partial charge in [0.25, 0.3) is 0 Å². The second kappa shape index (κ2) is 10.1. The molecule has 0 aromatic heterocycles. The lowest BCUT2D eigenvalue weighted by molar-refractivity contribution is -0.136. The van der Waals surface area contributed by atoms with E-state index in [0.29, 0.717) is 6.42 Å². The van der Waals surface area contributed by atoms with Crippen molar-refractivity contribution in [3.63, 3.8) is 0 Å². The second-order valence-corrected chi connectivity index (χ2v) is 5.91. The smallest absolute Gasteiger partial charge is 0.314 e. The monoisotopic (exact) mass is 388 g/mol. The number of carbonyl (C=O) groups is 2.